The van der Waals surface area contributed by atoms with Crippen molar-refractivity contribution in [1.82, 2.24) is 5.32 Å². The van der Waals surface area contributed by atoms with Crippen LogP contribution in [0.5, 0.6) is 11.5 Å². The summed E-state index contributed by atoms with van der Waals surface area (Å²) in [6.45, 7) is 6.72. The Hall–Kier alpha value is -1.75. The third kappa shape index (κ3) is 4.63. The lowest BCUT2D eigenvalue weighted by Crippen LogP contribution is -2.47. The van der Waals surface area contributed by atoms with Gasteiger partial charge in [0.25, 0.3) is 0 Å². The van der Waals surface area contributed by atoms with Crippen LogP contribution in [-0.4, -0.2) is 32.2 Å². The maximum absolute atomic E-state index is 12.3. The molecule has 0 aliphatic carbocycles. The van der Waals surface area contributed by atoms with Crippen LogP contribution in [-0.2, 0) is 4.79 Å². The van der Waals surface area contributed by atoms with E-state index in [1.54, 1.807) is 7.11 Å². The molecule has 5 heteroatoms. The Morgan fingerprint density at radius 2 is 1.77 bits per heavy atom. The van der Waals surface area contributed by atoms with E-state index in [0.29, 0.717) is 13.1 Å². The molecule has 0 saturated carbocycles. The van der Waals surface area contributed by atoms with Crippen LogP contribution in [0.2, 0.25) is 0 Å². The quantitative estimate of drug-likeness (QED) is 0.734. The van der Waals surface area contributed by atoms with Gasteiger partial charge in [-0.25, -0.2) is 0 Å². The standard InChI is InChI=1S/C17H28N2O3/c1-5-17(6-2,12-18)16(20)19-11-13(3)22-15-9-7-14(21-4)8-10-15/h7-10,13H,5-6,11-12,18H2,1-4H3,(H,19,20). The van der Waals surface area contributed by atoms with E-state index in [9.17, 15) is 4.79 Å². The Balaban J connectivity index is 2.51. The maximum atomic E-state index is 12.3. The minimum atomic E-state index is -0.472. The molecular weight excluding hydrogens is 280 g/mol. The summed E-state index contributed by atoms with van der Waals surface area (Å²) in [6.07, 6.45) is 1.35. The van der Waals surface area contributed by atoms with Crippen LogP contribution in [0.4, 0.5) is 0 Å². The molecule has 0 aromatic heterocycles. The van der Waals surface area contributed by atoms with Crippen LogP contribution in [0, 0.1) is 5.41 Å². The number of carbonyl (C=O) groups excluding carboxylic acids is 1. The highest BCUT2D eigenvalue weighted by Crippen LogP contribution is 2.25. The Labute approximate surface area is 133 Å². The lowest BCUT2D eigenvalue weighted by atomic mass is 9.81. The van der Waals surface area contributed by atoms with Crippen molar-refractivity contribution in [2.45, 2.75) is 39.7 Å². The molecular formula is C17H28N2O3. The highest BCUT2D eigenvalue weighted by Gasteiger charge is 2.33. The predicted octanol–water partition coefficient (Wildman–Crippen LogP) is 2.34. The van der Waals surface area contributed by atoms with Gasteiger partial charge in [0.05, 0.1) is 19.1 Å². The number of nitrogens with two attached hydrogens (primary N) is 1. The summed E-state index contributed by atoms with van der Waals surface area (Å²) in [4.78, 5) is 12.3. The van der Waals surface area contributed by atoms with Gasteiger partial charge >= 0.3 is 0 Å². The highest BCUT2D eigenvalue weighted by atomic mass is 16.5. The molecule has 0 aliphatic heterocycles. The van der Waals surface area contributed by atoms with Gasteiger partial charge in [0.1, 0.15) is 17.6 Å². The molecule has 0 fully saturated rings. The van der Waals surface area contributed by atoms with Gasteiger partial charge in [0, 0.05) is 6.54 Å². The van der Waals surface area contributed by atoms with E-state index in [4.69, 9.17) is 15.2 Å². The van der Waals surface area contributed by atoms with Crippen molar-refractivity contribution in [2.75, 3.05) is 20.2 Å². The Kier molecular flexibility index (Phi) is 7.18. The molecule has 0 saturated heterocycles. The summed E-state index contributed by atoms with van der Waals surface area (Å²) in [5, 5.41) is 2.95. The molecule has 0 heterocycles. The van der Waals surface area contributed by atoms with Crippen LogP contribution < -0.4 is 20.5 Å². The van der Waals surface area contributed by atoms with Crippen molar-refractivity contribution < 1.29 is 14.3 Å². The molecule has 0 spiro atoms. The van der Waals surface area contributed by atoms with Crippen molar-refractivity contribution in [3.05, 3.63) is 24.3 Å². The SMILES string of the molecule is CCC(CC)(CN)C(=O)NCC(C)Oc1ccc(OC)cc1. The summed E-state index contributed by atoms with van der Waals surface area (Å²) in [5.74, 6) is 1.54. The maximum Gasteiger partial charge on any atom is 0.227 e. The number of nitrogens with one attached hydrogen (secondary N) is 1. The van der Waals surface area contributed by atoms with E-state index < -0.39 is 5.41 Å². The number of hydrogen-bond donors (Lipinski definition) is 2. The molecule has 1 atom stereocenters. The summed E-state index contributed by atoms with van der Waals surface area (Å²) in [7, 11) is 1.62. The van der Waals surface area contributed by atoms with E-state index in [0.717, 1.165) is 24.3 Å². The Morgan fingerprint density at radius 1 is 1.23 bits per heavy atom. The van der Waals surface area contributed by atoms with Gasteiger partial charge in [-0.05, 0) is 44.0 Å². The largest absolute Gasteiger partial charge is 0.497 e. The van der Waals surface area contributed by atoms with E-state index in [1.807, 2.05) is 45.0 Å². The molecule has 124 valence electrons. The van der Waals surface area contributed by atoms with Gasteiger partial charge in [-0.1, -0.05) is 13.8 Å². The summed E-state index contributed by atoms with van der Waals surface area (Å²) in [5.41, 5.74) is 5.31. The molecule has 22 heavy (non-hydrogen) atoms. The minimum Gasteiger partial charge on any atom is -0.497 e. The fraction of sp³-hybridized carbons (Fsp3) is 0.588. The Bertz CT molecular complexity index is 447. The first kappa shape index (κ1) is 18.3. The number of methoxy groups -OCH3 is 1. The number of amides is 1. The van der Waals surface area contributed by atoms with Gasteiger partial charge < -0.3 is 20.5 Å². The molecule has 1 aromatic carbocycles. The summed E-state index contributed by atoms with van der Waals surface area (Å²) < 4.78 is 10.9. The van der Waals surface area contributed by atoms with Crippen molar-refractivity contribution >= 4 is 5.91 Å². The van der Waals surface area contributed by atoms with Crippen LogP contribution >= 0.6 is 0 Å². The van der Waals surface area contributed by atoms with Gasteiger partial charge in [-0.2, -0.15) is 0 Å². The summed E-state index contributed by atoms with van der Waals surface area (Å²) in [6, 6.07) is 7.38. The first-order chi connectivity index (χ1) is 10.5. The third-order valence-corrected chi connectivity index (χ3v) is 4.17. The van der Waals surface area contributed by atoms with Gasteiger partial charge in [0.2, 0.25) is 5.91 Å². The molecule has 1 aromatic rings. The molecule has 0 aliphatic rings. The van der Waals surface area contributed by atoms with Gasteiger partial charge in [-0.3, -0.25) is 4.79 Å². The normalized spacial score (nSPS) is 12.6. The van der Waals surface area contributed by atoms with E-state index in [2.05, 4.69) is 5.32 Å². The lowest BCUT2D eigenvalue weighted by molar-refractivity contribution is -0.131. The number of hydrogen-bond acceptors (Lipinski definition) is 4. The van der Waals surface area contributed by atoms with Crippen molar-refractivity contribution in [1.29, 1.82) is 0 Å². The van der Waals surface area contributed by atoms with E-state index in [1.165, 1.54) is 0 Å². The van der Waals surface area contributed by atoms with Crippen LogP contribution in [0.1, 0.15) is 33.6 Å². The fourth-order valence-electron chi connectivity index (χ4n) is 2.30. The number of rotatable bonds is 9. The monoisotopic (exact) mass is 308 g/mol. The number of ether oxygens (including phenoxy) is 2. The second kappa shape index (κ2) is 8.63. The van der Waals surface area contributed by atoms with Crippen molar-refractivity contribution in [3.8, 4) is 11.5 Å². The van der Waals surface area contributed by atoms with E-state index in [-0.39, 0.29) is 12.0 Å². The topological polar surface area (TPSA) is 73.6 Å². The Morgan fingerprint density at radius 3 is 2.23 bits per heavy atom. The van der Waals surface area contributed by atoms with E-state index >= 15 is 0 Å². The molecule has 1 amide bonds. The number of benzene rings is 1. The molecule has 1 rings (SSSR count). The van der Waals surface area contributed by atoms with Crippen LogP contribution in [0.25, 0.3) is 0 Å². The predicted molar refractivity (Wildman–Crippen MR) is 88.2 cm³/mol. The fourth-order valence-corrected chi connectivity index (χ4v) is 2.30. The smallest absolute Gasteiger partial charge is 0.227 e. The minimum absolute atomic E-state index is 0.00480. The molecule has 0 radical (unpaired) electrons. The second-order valence-corrected chi connectivity index (χ2v) is 5.51. The summed E-state index contributed by atoms with van der Waals surface area (Å²) >= 11 is 0. The van der Waals surface area contributed by atoms with Gasteiger partial charge in [-0.15, -0.1) is 0 Å². The van der Waals surface area contributed by atoms with Crippen LogP contribution in [0.3, 0.4) is 0 Å². The average molecular weight is 308 g/mol. The number of carbonyl (C=O) groups is 1. The first-order valence-electron chi connectivity index (χ1n) is 7.80. The first-order valence-corrected chi connectivity index (χ1v) is 7.80. The molecule has 5 nitrogen and oxygen atoms in total. The zero-order chi connectivity index (χ0) is 16.6. The lowest BCUT2D eigenvalue weighted by Gasteiger charge is -2.29. The molecule has 1 unspecified atom stereocenters. The zero-order valence-electron chi connectivity index (χ0n) is 14.0. The van der Waals surface area contributed by atoms with Crippen molar-refractivity contribution in [3.63, 3.8) is 0 Å². The van der Waals surface area contributed by atoms with Crippen LogP contribution in [0.15, 0.2) is 24.3 Å². The highest BCUT2D eigenvalue weighted by molar-refractivity contribution is 5.82. The average Bonchev–Trinajstić information content (AvgIpc) is 2.56. The van der Waals surface area contributed by atoms with Gasteiger partial charge in [0.15, 0.2) is 0 Å². The third-order valence-electron chi connectivity index (χ3n) is 4.17. The molecule has 0 bridgehead atoms. The zero-order valence-corrected chi connectivity index (χ0v) is 14.0. The second-order valence-electron chi connectivity index (χ2n) is 5.51. The van der Waals surface area contributed by atoms with Crippen molar-refractivity contribution in [2.24, 2.45) is 11.1 Å². The molecule has 3 N–H and O–H groups in total.